The topological polar surface area (TPSA) is 89.5 Å². The van der Waals surface area contributed by atoms with E-state index < -0.39 is 0 Å². The molecule has 0 aromatic heterocycles. The van der Waals surface area contributed by atoms with Gasteiger partial charge in [0.15, 0.2) is 5.78 Å². The maximum absolute atomic E-state index is 12.3. The van der Waals surface area contributed by atoms with E-state index >= 15 is 0 Å². The van der Waals surface area contributed by atoms with Crippen LogP contribution in [0.15, 0.2) is 69.5 Å². The minimum absolute atomic E-state index is 0.0220. The second kappa shape index (κ2) is 10.2. The molecule has 0 saturated carbocycles. The molecule has 26 heavy (non-hydrogen) atoms. The highest BCUT2D eigenvalue weighted by molar-refractivity contribution is 7.98. The van der Waals surface area contributed by atoms with E-state index in [1.54, 1.807) is 23.9 Å². The van der Waals surface area contributed by atoms with Gasteiger partial charge in [-0.05, 0) is 36.6 Å². The van der Waals surface area contributed by atoms with Gasteiger partial charge in [-0.1, -0.05) is 24.3 Å². The summed E-state index contributed by atoms with van der Waals surface area (Å²) < 4.78 is 0. The van der Waals surface area contributed by atoms with E-state index in [-0.39, 0.29) is 30.0 Å². The van der Waals surface area contributed by atoms with Gasteiger partial charge in [0.05, 0.1) is 17.1 Å². The second-order valence-corrected chi connectivity index (χ2v) is 6.20. The zero-order chi connectivity index (χ0) is 18.8. The molecule has 0 unspecified atom stereocenters. The Morgan fingerprint density at radius 1 is 1.08 bits per heavy atom. The Hall–Kier alpha value is -2.86. The van der Waals surface area contributed by atoms with E-state index in [0.29, 0.717) is 5.69 Å². The third-order valence-electron chi connectivity index (χ3n) is 3.45. The monoisotopic (exact) mass is 364 g/mol. The number of benzene rings is 2. The molecule has 0 amide bonds. The Balaban J connectivity index is 2.06. The van der Waals surface area contributed by atoms with Gasteiger partial charge in [0.2, 0.25) is 0 Å². The molecule has 2 N–H and O–H groups in total. The maximum atomic E-state index is 12.3. The van der Waals surface area contributed by atoms with Gasteiger partial charge in [-0.2, -0.15) is 0 Å². The number of carbonyl (C=O) groups is 1. The number of thioether (sulfide) groups is 1. The summed E-state index contributed by atoms with van der Waals surface area (Å²) in [5.74, 6) is -0.369. The normalized spacial score (nSPS) is 11.5. The van der Waals surface area contributed by atoms with Crippen LogP contribution < -0.4 is 0 Å². The lowest BCUT2D eigenvalue weighted by Crippen LogP contribution is -2.23. The average Bonchev–Trinajstić information content (AvgIpc) is 2.68. The smallest absolute Gasteiger partial charge is 0.187 e. The molecule has 0 aliphatic heterocycles. The minimum atomic E-state index is -0.369. The summed E-state index contributed by atoms with van der Waals surface area (Å²) in [5, 5.41) is 15.4. The summed E-state index contributed by atoms with van der Waals surface area (Å²) >= 11 is 1.63. The summed E-state index contributed by atoms with van der Waals surface area (Å²) in [7, 11) is 0. The van der Waals surface area contributed by atoms with Crippen LogP contribution in [0.2, 0.25) is 0 Å². The van der Waals surface area contributed by atoms with Crippen LogP contribution in [0, 0.1) is 10.8 Å². The van der Waals surface area contributed by atoms with E-state index in [9.17, 15) is 4.79 Å². The van der Waals surface area contributed by atoms with Crippen LogP contribution in [-0.4, -0.2) is 35.9 Å². The summed E-state index contributed by atoms with van der Waals surface area (Å²) in [6.07, 6.45) is 4.82. The van der Waals surface area contributed by atoms with E-state index in [4.69, 9.17) is 10.8 Å². The quantitative estimate of drug-likeness (QED) is 0.489. The molecule has 0 aliphatic carbocycles. The molecule has 132 valence electrons. The zero-order valence-electron chi connectivity index (χ0n) is 14.5. The number of hydrogen-bond donors (Lipinski definition) is 2. The molecule has 0 heterocycles. The molecule has 6 heteroatoms. The predicted molar refractivity (Wildman–Crippen MR) is 111 cm³/mol. The molecule has 5 nitrogen and oxygen atoms in total. The van der Waals surface area contributed by atoms with Crippen LogP contribution in [-0.2, 0) is 4.79 Å². The number of Topliss-reactive ketones (excluding diaryl/α,β-unsaturated/α-hetero) is 1. The molecule has 0 atom stereocenters. The van der Waals surface area contributed by atoms with E-state index in [1.807, 2.05) is 48.7 Å². The number of hydrogen-bond acceptors (Lipinski definition) is 6. The number of carbonyl (C=O) groups excluding carboxylic acids is 1. The van der Waals surface area contributed by atoms with Crippen LogP contribution in [0.25, 0.3) is 0 Å². The fourth-order valence-electron chi connectivity index (χ4n) is 2.15. The van der Waals surface area contributed by atoms with Crippen LogP contribution >= 0.6 is 11.8 Å². The molecule has 2 rings (SSSR count). The SMILES string of the molecule is CSc1cccc(N=CCC(=O)C(=N)C(CC=N)=Nc2ccccc2)c1. The molecule has 0 radical (unpaired) electrons. The highest BCUT2D eigenvalue weighted by atomic mass is 32.2. The second-order valence-electron chi connectivity index (χ2n) is 5.32. The van der Waals surface area contributed by atoms with Gasteiger partial charge >= 0.3 is 0 Å². The van der Waals surface area contributed by atoms with Crippen molar-refractivity contribution in [2.24, 2.45) is 9.98 Å². The zero-order valence-corrected chi connectivity index (χ0v) is 15.3. The van der Waals surface area contributed by atoms with Crippen molar-refractivity contribution in [1.29, 1.82) is 10.8 Å². The minimum Gasteiger partial charge on any atom is -0.313 e. The van der Waals surface area contributed by atoms with E-state index in [1.165, 1.54) is 6.21 Å². The summed E-state index contributed by atoms with van der Waals surface area (Å²) in [5.41, 5.74) is 1.54. The van der Waals surface area contributed by atoms with Crippen molar-refractivity contribution in [1.82, 2.24) is 0 Å². The lowest BCUT2D eigenvalue weighted by Gasteiger charge is -2.04. The molecule has 0 aliphatic rings. The van der Waals surface area contributed by atoms with E-state index in [0.717, 1.165) is 16.8 Å². The van der Waals surface area contributed by atoms with Crippen LogP contribution in [0.1, 0.15) is 12.8 Å². The third-order valence-corrected chi connectivity index (χ3v) is 4.18. The standard InChI is InChI=1S/C20H20N4OS/c1-26-17-9-5-8-16(14-17)23-13-11-19(25)20(22)18(10-12-21)24-15-6-3-2-4-7-15/h2-9,12-14,21-22H,10-11H2,1H3. The number of aliphatic imine (C=N–C) groups is 2. The van der Waals surface area contributed by atoms with Crippen LogP contribution in [0.5, 0.6) is 0 Å². The predicted octanol–water partition coefficient (Wildman–Crippen LogP) is 4.90. The van der Waals surface area contributed by atoms with Crippen molar-refractivity contribution < 1.29 is 4.79 Å². The lowest BCUT2D eigenvalue weighted by molar-refractivity contribution is -0.111. The molecule has 0 fully saturated rings. The van der Waals surface area contributed by atoms with Gasteiger partial charge in [-0.15, -0.1) is 11.8 Å². The summed E-state index contributed by atoms with van der Waals surface area (Å²) in [4.78, 5) is 22.0. The third kappa shape index (κ3) is 5.89. The Morgan fingerprint density at radius 2 is 1.81 bits per heavy atom. The van der Waals surface area contributed by atoms with Gasteiger partial charge in [0.1, 0.15) is 5.71 Å². The van der Waals surface area contributed by atoms with Gasteiger partial charge in [-0.25, -0.2) is 0 Å². The number of nitrogens with zero attached hydrogens (tertiary/aromatic N) is 2. The molecule has 2 aromatic carbocycles. The van der Waals surface area contributed by atoms with Crippen LogP contribution in [0.4, 0.5) is 11.4 Å². The average molecular weight is 364 g/mol. The number of rotatable bonds is 9. The first-order valence-corrected chi connectivity index (χ1v) is 9.26. The molecule has 0 spiro atoms. The Bertz CT molecular complexity index is 844. The molecule has 0 saturated heterocycles. The van der Waals surface area contributed by atoms with Crippen molar-refractivity contribution in [2.75, 3.05) is 6.26 Å². The van der Waals surface area contributed by atoms with Gasteiger partial charge in [-0.3, -0.25) is 20.2 Å². The summed E-state index contributed by atoms with van der Waals surface area (Å²) in [6.45, 7) is 0. The first-order chi connectivity index (χ1) is 12.6. The first-order valence-electron chi connectivity index (χ1n) is 8.04. The summed E-state index contributed by atoms with van der Waals surface area (Å²) in [6, 6.07) is 16.8. The van der Waals surface area contributed by atoms with Gasteiger partial charge in [0.25, 0.3) is 0 Å². The lowest BCUT2D eigenvalue weighted by atomic mass is 10.1. The molecular formula is C20H20N4OS. The number of para-hydroxylation sites is 1. The fraction of sp³-hybridized carbons (Fsp3) is 0.150. The van der Waals surface area contributed by atoms with Gasteiger partial charge < -0.3 is 5.41 Å². The fourth-order valence-corrected chi connectivity index (χ4v) is 2.60. The molecule has 2 aromatic rings. The number of ketones is 1. The van der Waals surface area contributed by atoms with Crippen LogP contribution in [0.3, 0.4) is 0 Å². The van der Waals surface area contributed by atoms with E-state index in [2.05, 4.69) is 9.98 Å². The van der Waals surface area contributed by atoms with Crippen molar-refractivity contribution >= 4 is 52.8 Å². The largest absolute Gasteiger partial charge is 0.313 e. The number of nitrogens with one attached hydrogen (secondary N) is 2. The highest BCUT2D eigenvalue weighted by Gasteiger charge is 2.14. The van der Waals surface area contributed by atoms with Crippen molar-refractivity contribution in [3.63, 3.8) is 0 Å². The molecular weight excluding hydrogens is 344 g/mol. The highest BCUT2D eigenvalue weighted by Crippen LogP contribution is 2.20. The van der Waals surface area contributed by atoms with Gasteiger partial charge in [0, 0.05) is 30.2 Å². The van der Waals surface area contributed by atoms with Crippen molar-refractivity contribution in [2.45, 2.75) is 17.7 Å². The maximum Gasteiger partial charge on any atom is 0.187 e. The molecule has 0 bridgehead atoms. The Kier molecular flexibility index (Phi) is 7.64. The van der Waals surface area contributed by atoms with Crippen molar-refractivity contribution in [3.8, 4) is 0 Å². The first kappa shape index (κ1) is 19.5. The van der Waals surface area contributed by atoms with Crippen molar-refractivity contribution in [3.05, 3.63) is 54.6 Å². The Labute approximate surface area is 157 Å². The Morgan fingerprint density at radius 3 is 2.50 bits per heavy atom.